The van der Waals surface area contributed by atoms with E-state index < -0.39 is 0 Å². The van der Waals surface area contributed by atoms with E-state index in [9.17, 15) is 4.79 Å². The van der Waals surface area contributed by atoms with Crippen LogP contribution in [0.4, 0.5) is 0 Å². The molecule has 0 aromatic heterocycles. The molecule has 0 saturated carbocycles. The molecule has 0 amide bonds. The fourth-order valence-electron chi connectivity index (χ4n) is 2.71. The molecule has 4 heteroatoms. The van der Waals surface area contributed by atoms with Crippen molar-refractivity contribution in [3.63, 3.8) is 0 Å². The summed E-state index contributed by atoms with van der Waals surface area (Å²) in [4.78, 5) is 12.3. The van der Waals surface area contributed by atoms with Crippen molar-refractivity contribution in [1.29, 1.82) is 0 Å². The largest absolute Gasteiger partial charge is 0.497 e. The molecule has 4 nitrogen and oxygen atoms in total. The van der Waals surface area contributed by atoms with Gasteiger partial charge in [-0.3, -0.25) is 4.79 Å². The maximum Gasteiger partial charge on any atom is 0.199 e. The molecule has 1 heterocycles. The molecule has 0 bridgehead atoms. The van der Waals surface area contributed by atoms with Crippen LogP contribution in [0.15, 0.2) is 48.5 Å². The van der Waals surface area contributed by atoms with Gasteiger partial charge >= 0.3 is 0 Å². The summed E-state index contributed by atoms with van der Waals surface area (Å²) < 4.78 is 16.5. The van der Waals surface area contributed by atoms with Crippen LogP contribution >= 0.6 is 0 Å². The molecule has 126 valence electrons. The van der Waals surface area contributed by atoms with Crippen molar-refractivity contribution in [1.82, 2.24) is 0 Å². The van der Waals surface area contributed by atoms with Gasteiger partial charge in [0.2, 0.25) is 0 Å². The van der Waals surface area contributed by atoms with E-state index >= 15 is 0 Å². The molecule has 1 fully saturated rings. The van der Waals surface area contributed by atoms with Crippen molar-refractivity contribution in [2.45, 2.75) is 32.0 Å². The summed E-state index contributed by atoms with van der Waals surface area (Å²) >= 11 is 0. The molecular weight excluding hydrogens is 304 g/mol. The number of hydrogen-bond acceptors (Lipinski definition) is 4. The summed E-state index contributed by atoms with van der Waals surface area (Å²) in [6.07, 6.45) is 3.39. The van der Waals surface area contributed by atoms with Crippen molar-refractivity contribution >= 4 is 5.78 Å². The van der Waals surface area contributed by atoms with Gasteiger partial charge in [0, 0.05) is 18.4 Å². The molecular formula is C20H22O4. The molecule has 2 aromatic carbocycles. The van der Waals surface area contributed by atoms with E-state index in [0.717, 1.165) is 42.9 Å². The monoisotopic (exact) mass is 326 g/mol. The number of ketones is 1. The molecule has 0 N–H and O–H groups in total. The molecule has 24 heavy (non-hydrogen) atoms. The minimum atomic E-state index is -0.148. The molecule has 0 spiro atoms. The first-order valence-electron chi connectivity index (χ1n) is 8.29. The number of Topliss-reactive ketones (excluding diaryl/α,β-unsaturated/α-hetero) is 1. The minimum absolute atomic E-state index is 0.0851. The number of carbonyl (C=O) groups is 1. The third kappa shape index (κ3) is 4.36. The standard InChI is InChI=1S/C20H22O4/c1-22-17-11-7-16(8-12-17)19(21)14-15-5-9-18(10-6-15)24-20-4-2-3-13-23-20/h5-12,20H,2-4,13-14H2,1H3/t20-/m1/s1. The van der Waals surface area contributed by atoms with Gasteiger partial charge in [-0.15, -0.1) is 0 Å². The van der Waals surface area contributed by atoms with Gasteiger partial charge in [-0.25, -0.2) is 0 Å². The van der Waals surface area contributed by atoms with Crippen LogP contribution in [-0.4, -0.2) is 25.8 Å². The number of ether oxygens (including phenoxy) is 3. The molecule has 1 saturated heterocycles. The summed E-state index contributed by atoms with van der Waals surface area (Å²) in [7, 11) is 1.61. The topological polar surface area (TPSA) is 44.8 Å². The molecule has 1 aliphatic rings. The number of rotatable bonds is 6. The van der Waals surface area contributed by atoms with Crippen LogP contribution in [-0.2, 0) is 11.2 Å². The van der Waals surface area contributed by atoms with E-state index in [0.29, 0.717) is 12.0 Å². The highest BCUT2D eigenvalue weighted by Crippen LogP contribution is 2.20. The zero-order valence-corrected chi connectivity index (χ0v) is 13.9. The highest BCUT2D eigenvalue weighted by Gasteiger charge is 2.15. The maximum atomic E-state index is 12.3. The van der Waals surface area contributed by atoms with Crippen LogP contribution in [0, 0.1) is 0 Å². The summed E-state index contributed by atoms with van der Waals surface area (Å²) in [5, 5.41) is 0. The fraction of sp³-hybridized carbons (Fsp3) is 0.350. The lowest BCUT2D eigenvalue weighted by Crippen LogP contribution is -2.24. The Morgan fingerprint density at radius 2 is 1.75 bits per heavy atom. The van der Waals surface area contributed by atoms with E-state index in [1.54, 1.807) is 31.4 Å². The minimum Gasteiger partial charge on any atom is -0.497 e. The third-order valence-electron chi connectivity index (χ3n) is 4.11. The average molecular weight is 326 g/mol. The lowest BCUT2D eigenvalue weighted by molar-refractivity contribution is -0.105. The Bertz CT molecular complexity index is 655. The number of hydrogen-bond donors (Lipinski definition) is 0. The average Bonchev–Trinajstić information content (AvgIpc) is 2.64. The van der Waals surface area contributed by atoms with Gasteiger partial charge < -0.3 is 14.2 Å². The normalized spacial score (nSPS) is 17.3. The second-order valence-electron chi connectivity index (χ2n) is 5.89. The zero-order chi connectivity index (χ0) is 16.8. The summed E-state index contributed by atoms with van der Waals surface area (Å²) in [6.45, 7) is 0.763. The Labute approximate surface area is 142 Å². The van der Waals surface area contributed by atoms with Gasteiger partial charge in [0.15, 0.2) is 12.1 Å². The van der Waals surface area contributed by atoms with Gasteiger partial charge in [0.1, 0.15) is 11.5 Å². The lowest BCUT2D eigenvalue weighted by Gasteiger charge is -2.23. The first kappa shape index (κ1) is 16.5. The highest BCUT2D eigenvalue weighted by atomic mass is 16.7. The Morgan fingerprint density at radius 3 is 2.38 bits per heavy atom. The van der Waals surface area contributed by atoms with Crippen LogP contribution in [0.3, 0.4) is 0 Å². The molecule has 1 atom stereocenters. The van der Waals surface area contributed by atoms with Crippen molar-refractivity contribution in [3.8, 4) is 11.5 Å². The first-order chi connectivity index (χ1) is 11.7. The quantitative estimate of drug-likeness (QED) is 0.752. The second kappa shape index (κ2) is 7.97. The SMILES string of the molecule is COc1ccc(C(=O)Cc2ccc(O[C@@H]3CCCCO3)cc2)cc1. The Morgan fingerprint density at radius 1 is 1.04 bits per heavy atom. The van der Waals surface area contributed by atoms with Gasteiger partial charge in [0.05, 0.1) is 13.7 Å². The van der Waals surface area contributed by atoms with E-state index in [-0.39, 0.29) is 12.1 Å². The number of methoxy groups -OCH3 is 1. The highest BCUT2D eigenvalue weighted by molar-refractivity contribution is 5.97. The predicted molar refractivity (Wildman–Crippen MR) is 91.7 cm³/mol. The molecule has 0 radical (unpaired) electrons. The zero-order valence-electron chi connectivity index (χ0n) is 13.9. The van der Waals surface area contributed by atoms with Crippen molar-refractivity contribution < 1.29 is 19.0 Å². The third-order valence-corrected chi connectivity index (χ3v) is 4.11. The number of benzene rings is 2. The van der Waals surface area contributed by atoms with Gasteiger partial charge in [-0.05, 0) is 54.8 Å². The Balaban J connectivity index is 1.57. The molecule has 3 rings (SSSR count). The molecule has 0 aliphatic carbocycles. The van der Waals surface area contributed by atoms with Gasteiger partial charge in [-0.2, -0.15) is 0 Å². The van der Waals surface area contributed by atoms with E-state index in [1.165, 1.54) is 0 Å². The van der Waals surface area contributed by atoms with Crippen LogP contribution in [0.2, 0.25) is 0 Å². The van der Waals surface area contributed by atoms with E-state index in [1.807, 2.05) is 24.3 Å². The fourth-order valence-corrected chi connectivity index (χ4v) is 2.71. The lowest BCUT2D eigenvalue weighted by atomic mass is 10.0. The van der Waals surface area contributed by atoms with Crippen molar-refractivity contribution in [2.24, 2.45) is 0 Å². The van der Waals surface area contributed by atoms with Gasteiger partial charge in [-0.1, -0.05) is 12.1 Å². The summed E-state index contributed by atoms with van der Waals surface area (Å²) in [6, 6.07) is 14.8. The molecule has 1 aliphatic heterocycles. The molecule has 2 aromatic rings. The van der Waals surface area contributed by atoms with Crippen LogP contribution in [0.5, 0.6) is 11.5 Å². The van der Waals surface area contributed by atoms with Crippen LogP contribution in [0.25, 0.3) is 0 Å². The van der Waals surface area contributed by atoms with Crippen molar-refractivity contribution in [3.05, 3.63) is 59.7 Å². The maximum absolute atomic E-state index is 12.3. The predicted octanol–water partition coefficient (Wildman–Crippen LogP) is 4.03. The van der Waals surface area contributed by atoms with Crippen LogP contribution in [0.1, 0.15) is 35.2 Å². The summed E-state index contributed by atoms with van der Waals surface area (Å²) in [5.74, 6) is 1.61. The summed E-state index contributed by atoms with van der Waals surface area (Å²) in [5.41, 5.74) is 1.65. The number of carbonyl (C=O) groups excluding carboxylic acids is 1. The van der Waals surface area contributed by atoms with E-state index in [2.05, 4.69) is 0 Å². The van der Waals surface area contributed by atoms with Crippen molar-refractivity contribution in [2.75, 3.05) is 13.7 Å². The Hall–Kier alpha value is -2.33. The van der Waals surface area contributed by atoms with Gasteiger partial charge in [0.25, 0.3) is 0 Å². The smallest absolute Gasteiger partial charge is 0.199 e. The second-order valence-corrected chi connectivity index (χ2v) is 5.89. The molecule has 0 unspecified atom stereocenters. The Kier molecular flexibility index (Phi) is 5.49. The van der Waals surface area contributed by atoms with Crippen LogP contribution < -0.4 is 9.47 Å². The van der Waals surface area contributed by atoms with E-state index in [4.69, 9.17) is 14.2 Å². The first-order valence-corrected chi connectivity index (χ1v) is 8.29.